The predicted molar refractivity (Wildman–Crippen MR) is 124 cm³/mol. The zero-order valence-corrected chi connectivity index (χ0v) is 20.0. The topological polar surface area (TPSA) is 129 Å². The summed E-state index contributed by atoms with van der Waals surface area (Å²) in [5.74, 6) is -0.391. The second-order valence-electron chi connectivity index (χ2n) is 9.24. The minimum atomic E-state index is -0.792. The highest BCUT2D eigenvalue weighted by atomic mass is 16.6. The molecule has 1 aromatic rings. The van der Waals surface area contributed by atoms with Crippen LogP contribution in [0.1, 0.15) is 58.4 Å². The van der Waals surface area contributed by atoms with Gasteiger partial charge in [-0.3, -0.25) is 9.59 Å². The number of methoxy groups -OCH3 is 1. The smallest absolute Gasteiger partial charge is 0.408 e. The van der Waals surface area contributed by atoms with Crippen molar-refractivity contribution in [2.75, 3.05) is 13.7 Å². The normalized spacial score (nSPS) is 18.8. The van der Waals surface area contributed by atoms with E-state index in [0.29, 0.717) is 32.2 Å². The van der Waals surface area contributed by atoms with Gasteiger partial charge in [0.2, 0.25) is 5.91 Å². The number of amides is 2. The average Bonchev–Trinajstić information content (AvgIpc) is 3.22. The summed E-state index contributed by atoms with van der Waals surface area (Å²) in [4.78, 5) is 37.8. The van der Waals surface area contributed by atoms with Gasteiger partial charge in [-0.1, -0.05) is 18.6 Å². The highest BCUT2D eigenvalue weighted by Crippen LogP contribution is 2.27. The molecule has 2 unspecified atom stereocenters. The SMILES string of the molecule is COc1ccc(COC(=O)C2CCC[C@@H]2NC(=O)C(CCCN)NC(=O)OC(C)(C)C)cc1. The van der Waals surface area contributed by atoms with Gasteiger partial charge in [0.15, 0.2) is 0 Å². The number of hydrogen-bond donors (Lipinski definition) is 3. The molecule has 0 spiro atoms. The first-order valence-corrected chi connectivity index (χ1v) is 11.4. The summed E-state index contributed by atoms with van der Waals surface area (Å²) in [6.45, 7) is 5.80. The number of rotatable bonds is 10. The average molecular weight is 464 g/mol. The molecular formula is C24H37N3O6. The maximum Gasteiger partial charge on any atom is 0.408 e. The van der Waals surface area contributed by atoms with Crippen molar-refractivity contribution in [3.63, 3.8) is 0 Å². The van der Waals surface area contributed by atoms with Crippen molar-refractivity contribution in [3.05, 3.63) is 29.8 Å². The standard InChI is InChI=1S/C24H37N3O6/c1-24(2,3)33-23(30)27-20(9-6-14-25)21(28)26-19-8-5-7-18(19)22(29)32-15-16-10-12-17(31-4)13-11-16/h10-13,18-20H,5-9,14-15,25H2,1-4H3,(H,26,28)(H,27,30)/t18?,19-,20?/m0/s1. The van der Waals surface area contributed by atoms with Crippen LogP contribution in [0.4, 0.5) is 4.79 Å². The summed E-state index contributed by atoms with van der Waals surface area (Å²) in [6, 6.07) is 6.15. The molecule has 9 nitrogen and oxygen atoms in total. The second kappa shape index (κ2) is 12.4. The fourth-order valence-corrected chi connectivity index (χ4v) is 3.72. The molecule has 0 heterocycles. The highest BCUT2D eigenvalue weighted by molar-refractivity contribution is 5.86. The molecule has 1 saturated carbocycles. The molecule has 2 amide bonds. The van der Waals surface area contributed by atoms with Gasteiger partial charge in [0.25, 0.3) is 0 Å². The number of ether oxygens (including phenoxy) is 3. The van der Waals surface area contributed by atoms with E-state index in [2.05, 4.69) is 10.6 Å². The lowest BCUT2D eigenvalue weighted by Gasteiger charge is -2.25. The van der Waals surface area contributed by atoms with E-state index >= 15 is 0 Å². The van der Waals surface area contributed by atoms with E-state index in [0.717, 1.165) is 17.7 Å². The zero-order chi connectivity index (χ0) is 24.4. The van der Waals surface area contributed by atoms with Crippen LogP contribution in [0.15, 0.2) is 24.3 Å². The molecule has 9 heteroatoms. The number of benzene rings is 1. The van der Waals surface area contributed by atoms with Crippen LogP contribution >= 0.6 is 0 Å². The fraction of sp³-hybridized carbons (Fsp3) is 0.625. The molecule has 0 saturated heterocycles. The van der Waals surface area contributed by atoms with Crippen molar-refractivity contribution in [3.8, 4) is 5.75 Å². The van der Waals surface area contributed by atoms with E-state index in [9.17, 15) is 14.4 Å². The van der Waals surface area contributed by atoms with Crippen LogP contribution in [0, 0.1) is 5.92 Å². The van der Waals surface area contributed by atoms with Crippen molar-refractivity contribution in [1.82, 2.24) is 10.6 Å². The number of hydrogen-bond acceptors (Lipinski definition) is 7. The van der Waals surface area contributed by atoms with E-state index in [-0.39, 0.29) is 24.5 Å². The Morgan fingerprint density at radius 2 is 1.85 bits per heavy atom. The van der Waals surface area contributed by atoms with Gasteiger partial charge in [0.05, 0.1) is 13.0 Å². The molecule has 0 radical (unpaired) electrons. The maximum absolute atomic E-state index is 12.9. The van der Waals surface area contributed by atoms with Gasteiger partial charge < -0.3 is 30.6 Å². The van der Waals surface area contributed by atoms with Crippen LogP contribution in [0.3, 0.4) is 0 Å². The van der Waals surface area contributed by atoms with Crippen molar-refractivity contribution in [2.45, 2.75) is 77.2 Å². The molecule has 1 aliphatic rings. The number of nitrogens with one attached hydrogen (secondary N) is 2. The van der Waals surface area contributed by atoms with E-state index in [1.807, 2.05) is 12.1 Å². The number of carbonyl (C=O) groups excluding carboxylic acids is 3. The van der Waals surface area contributed by atoms with Crippen LogP contribution in [0.25, 0.3) is 0 Å². The van der Waals surface area contributed by atoms with E-state index in [1.54, 1.807) is 40.0 Å². The second-order valence-corrected chi connectivity index (χ2v) is 9.24. The van der Waals surface area contributed by atoms with Crippen molar-refractivity contribution >= 4 is 18.0 Å². The lowest BCUT2D eigenvalue weighted by Crippen LogP contribution is -2.52. The number of esters is 1. The molecule has 184 valence electrons. The van der Waals surface area contributed by atoms with Gasteiger partial charge >= 0.3 is 12.1 Å². The van der Waals surface area contributed by atoms with Crippen LogP contribution in [0.2, 0.25) is 0 Å². The summed E-state index contributed by atoms with van der Waals surface area (Å²) in [6.07, 6.45) is 2.39. The molecule has 0 aromatic heterocycles. The van der Waals surface area contributed by atoms with Gasteiger partial charge in [0, 0.05) is 6.04 Å². The Hall–Kier alpha value is -2.81. The first-order chi connectivity index (χ1) is 15.6. The Balaban J connectivity index is 1.93. The van der Waals surface area contributed by atoms with Crippen molar-refractivity contribution < 1.29 is 28.6 Å². The van der Waals surface area contributed by atoms with E-state index < -0.39 is 23.7 Å². The lowest BCUT2D eigenvalue weighted by atomic mass is 10.0. The number of carbonyl (C=O) groups is 3. The third-order valence-electron chi connectivity index (χ3n) is 5.39. The molecule has 3 atom stereocenters. The summed E-state index contributed by atoms with van der Waals surface area (Å²) in [5.41, 5.74) is 5.76. The zero-order valence-electron chi connectivity index (χ0n) is 20.0. The largest absolute Gasteiger partial charge is 0.497 e. The summed E-state index contributed by atoms with van der Waals surface area (Å²) in [5, 5.41) is 5.56. The van der Waals surface area contributed by atoms with Gasteiger partial charge in [0.1, 0.15) is 24.0 Å². The van der Waals surface area contributed by atoms with Gasteiger partial charge in [-0.15, -0.1) is 0 Å². The number of nitrogens with two attached hydrogens (primary N) is 1. The first-order valence-electron chi connectivity index (χ1n) is 11.4. The predicted octanol–water partition coefficient (Wildman–Crippen LogP) is 2.66. The molecule has 2 rings (SSSR count). The Morgan fingerprint density at radius 3 is 2.45 bits per heavy atom. The summed E-state index contributed by atoms with van der Waals surface area (Å²) < 4.78 is 15.9. The summed E-state index contributed by atoms with van der Waals surface area (Å²) in [7, 11) is 1.59. The molecule has 1 aromatic carbocycles. The van der Waals surface area contributed by atoms with Crippen LogP contribution in [-0.2, 0) is 25.7 Å². The monoisotopic (exact) mass is 463 g/mol. The van der Waals surface area contributed by atoms with Crippen LogP contribution < -0.4 is 21.1 Å². The number of alkyl carbamates (subject to hydrolysis) is 1. The van der Waals surface area contributed by atoms with Gasteiger partial charge in [-0.2, -0.15) is 0 Å². The molecule has 0 aliphatic heterocycles. The third kappa shape index (κ3) is 8.92. The van der Waals surface area contributed by atoms with Crippen LogP contribution in [-0.4, -0.2) is 49.3 Å². The quantitative estimate of drug-likeness (QED) is 0.455. The Kier molecular flexibility index (Phi) is 9.96. The van der Waals surface area contributed by atoms with Crippen molar-refractivity contribution in [2.24, 2.45) is 11.7 Å². The van der Waals surface area contributed by atoms with Crippen molar-refractivity contribution in [1.29, 1.82) is 0 Å². The first kappa shape index (κ1) is 26.4. The Bertz CT molecular complexity index is 790. The molecule has 33 heavy (non-hydrogen) atoms. The molecular weight excluding hydrogens is 426 g/mol. The molecule has 1 fully saturated rings. The Morgan fingerprint density at radius 1 is 1.15 bits per heavy atom. The van der Waals surface area contributed by atoms with Gasteiger partial charge in [-0.25, -0.2) is 4.79 Å². The molecule has 1 aliphatic carbocycles. The minimum Gasteiger partial charge on any atom is -0.497 e. The molecule has 0 bridgehead atoms. The maximum atomic E-state index is 12.9. The summed E-state index contributed by atoms with van der Waals surface area (Å²) >= 11 is 0. The van der Waals surface area contributed by atoms with Crippen LogP contribution in [0.5, 0.6) is 5.75 Å². The van der Waals surface area contributed by atoms with Gasteiger partial charge in [-0.05, 0) is 70.7 Å². The molecule has 4 N–H and O–H groups in total. The lowest BCUT2D eigenvalue weighted by molar-refractivity contribution is -0.150. The highest BCUT2D eigenvalue weighted by Gasteiger charge is 2.36. The Labute approximate surface area is 195 Å². The fourth-order valence-electron chi connectivity index (χ4n) is 3.72. The van der Waals surface area contributed by atoms with E-state index in [4.69, 9.17) is 19.9 Å². The minimum absolute atomic E-state index is 0.152. The van der Waals surface area contributed by atoms with E-state index in [1.165, 1.54) is 0 Å². The third-order valence-corrected chi connectivity index (χ3v) is 5.39.